The van der Waals surface area contributed by atoms with E-state index in [9.17, 15) is 0 Å². The van der Waals surface area contributed by atoms with Gasteiger partial charge >= 0.3 is 0 Å². The molecule has 0 aromatic heterocycles. The van der Waals surface area contributed by atoms with E-state index < -0.39 is 0 Å². The van der Waals surface area contributed by atoms with Crippen LogP contribution in [0, 0.1) is 0 Å². The van der Waals surface area contributed by atoms with Crippen LogP contribution in [-0.4, -0.2) is 0 Å². The summed E-state index contributed by atoms with van der Waals surface area (Å²) in [5.41, 5.74) is 13.0. The van der Waals surface area contributed by atoms with Gasteiger partial charge in [0.05, 0.1) is 0 Å². The van der Waals surface area contributed by atoms with Crippen molar-refractivity contribution in [1.82, 2.24) is 0 Å². The maximum atomic E-state index is 6.94. The molecule has 0 atom stereocenters. The molecule has 0 radical (unpaired) electrons. The monoisotopic (exact) mass is 940 g/mol. The highest BCUT2D eigenvalue weighted by Crippen LogP contribution is 2.41. The Bertz CT molecular complexity index is 2470. The molecule has 0 saturated heterocycles. The normalized spacial score (nSPS) is 12.0. The first kappa shape index (κ1) is 41.3. The van der Waals surface area contributed by atoms with E-state index in [1.54, 1.807) is 0 Å². The van der Waals surface area contributed by atoms with Crippen molar-refractivity contribution in [1.29, 1.82) is 0 Å². The minimum absolute atomic E-state index is 0.437. The van der Waals surface area contributed by atoms with Crippen LogP contribution >= 0.6 is 31.9 Å². The van der Waals surface area contributed by atoms with Crippen molar-refractivity contribution in [3.05, 3.63) is 258 Å². The molecule has 8 aromatic carbocycles. The van der Waals surface area contributed by atoms with E-state index in [2.05, 4.69) is 190 Å². The maximum absolute atomic E-state index is 6.94. The third kappa shape index (κ3) is 10.2. The zero-order valence-electron chi connectivity index (χ0n) is 34.4. The summed E-state index contributed by atoms with van der Waals surface area (Å²) >= 11 is 7.85. The van der Waals surface area contributed by atoms with Gasteiger partial charge in [0, 0.05) is 56.9 Å². The molecule has 4 nitrogen and oxygen atoms in total. The van der Waals surface area contributed by atoms with Gasteiger partial charge in [0.2, 0.25) is 0 Å². The Morgan fingerprint density at radius 1 is 0.274 bits per heavy atom. The SMILES string of the molecule is Brc1cc2c(OCc3ccccc3)c(c1)Cc1cccc(c1OCc1ccccc1)Cc1cc(Br)cc(c1OCc1ccccc1)Cc1cccc(c1OCc1ccccc1)C2. The Balaban J connectivity index is 1.23. The van der Waals surface area contributed by atoms with E-state index in [1.807, 2.05) is 24.3 Å². The molecule has 0 N–H and O–H groups in total. The summed E-state index contributed by atoms with van der Waals surface area (Å²) in [4.78, 5) is 0. The number of para-hydroxylation sites is 2. The highest BCUT2D eigenvalue weighted by atomic mass is 79.9. The van der Waals surface area contributed by atoms with Crippen LogP contribution in [0.15, 0.2) is 191 Å². The van der Waals surface area contributed by atoms with Crippen LogP contribution in [0.25, 0.3) is 0 Å². The molecule has 0 fully saturated rings. The summed E-state index contributed by atoms with van der Waals surface area (Å²) in [5.74, 6) is 3.48. The average molecular weight is 943 g/mol. The van der Waals surface area contributed by atoms with Crippen LogP contribution in [0.4, 0.5) is 0 Å². The predicted molar refractivity (Wildman–Crippen MR) is 255 cm³/mol. The minimum Gasteiger partial charge on any atom is -0.488 e. The summed E-state index contributed by atoms with van der Waals surface area (Å²) in [5, 5.41) is 0. The second-order valence-corrected chi connectivity index (χ2v) is 17.6. The molecule has 8 bridgehead atoms. The second-order valence-electron chi connectivity index (χ2n) is 15.7. The quantitative estimate of drug-likeness (QED) is 0.122. The minimum atomic E-state index is 0.437. The molecule has 1 aliphatic rings. The summed E-state index contributed by atoms with van der Waals surface area (Å²) in [6, 6.07) is 63.3. The van der Waals surface area contributed by atoms with Gasteiger partial charge < -0.3 is 18.9 Å². The van der Waals surface area contributed by atoms with Crippen LogP contribution in [-0.2, 0) is 52.1 Å². The van der Waals surface area contributed by atoms with Crippen LogP contribution in [0.1, 0.15) is 66.8 Å². The molecular formula is C56H46Br2O4. The molecule has 0 spiro atoms. The number of hydrogen-bond acceptors (Lipinski definition) is 4. The van der Waals surface area contributed by atoms with Crippen LogP contribution in [0.2, 0.25) is 0 Å². The van der Waals surface area contributed by atoms with Crippen molar-refractivity contribution < 1.29 is 18.9 Å². The van der Waals surface area contributed by atoms with Gasteiger partial charge in [-0.3, -0.25) is 0 Å². The van der Waals surface area contributed by atoms with Crippen molar-refractivity contribution in [3.63, 3.8) is 0 Å². The fourth-order valence-corrected chi connectivity index (χ4v) is 9.37. The number of halogens is 2. The molecule has 0 amide bonds. The molecule has 8 aromatic rings. The number of rotatable bonds is 12. The lowest BCUT2D eigenvalue weighted by Crippen LogP contribution is -2.09. The Morgan fingerprint density at radius 2 is 0.500 bits per heavy atom. The Labute approximate surface area is 381 Å². The molecule has 62 heavy (non-hydrogen) atoms. The third-order valence-corrected chi connectivity index (χ3v) is 12.1. The molecule has 0 unspecified atom stereocenters. The predicted octanol–water partition coefficient (Wildman–Crippen LogP) is 14.2. The standard InChI is InChI=1S/C56H46Br2O4/c57-51-31-47-27-43-23-13-24-44(53(43)59-35-39-15-5-1-6-16-39)28-48-32-52(58)34-50(56(48)62-38-42-21-11-4-12-22-42)30-46-26-14-25-45(54(46)60-36-40-17-7-2-8-18-40)29-49(33-51)55(47)61-37-41-19-9-3-10-20-41/h1-26,31-34H,27-30,35-38H2. The third-order valence-electron chi connectivity index (χ3n) is 11.2. The molecular weight excluding hydrogens is 896 g/mol. The van der Waals surface area contributed by atoms with Crippen LogP contribution < -0.4 is 18.9 Å². The van der Waals surface area contributed by atoms with Crippen LogP contribution in [0.5, 0.6) is 23.0 Å². The van der Waals surface area contributed by atoms with Crippen molar-refractivity contribution in [3.8, 4) is 23.0 Å². The van der Waals surface area contributed by atoms with Crippen molar-refractivity contribution in [2.45, 2.75) is 52.1 Å². The second kappa shape index (κ2) is 19.7. The van der Waals surface area contributed by atoms with E-state index in [-0.39, 0.29) is 0 Å². The number of ether oxygens (including phenoxy) is 4. The number of fused-ring (bicyclic) bond motifs is 8. The van der Waals surface area contributed by atoms with Gasteiger partial charge in [-0.05, 0) is 68.8 Å². The lowest BCUT2D eigenvalue weighted by molar-refractivity contribution is 0.293. The Morgan fingerprint density at radius 3 is 0.742 bits per heavy atom. The van der Waals surface area contributed by atoms with E-state index in [0.29, 0.717) is 52.1 Å². The maximum Gasteiger partial charge on any atom is 0.126 e. The van der Waals surface area contributed by atoms with E-state index in [4.69, 9.17) is 18.9 Å². The van der Waals surface area contributed by atoms with Gasteiger partial charge in [-0.15, -0.1) is 0 Å². The number of benzene rings is 8. The Kier molecular flexibility index (Phi) is 13.1. The zero-order chi connectivity index (χ0) is 42.1. The van der Waals surface area contributed by atoms with Gasteiger partial charge in [-0.25, -0.2) is 0 Å². The summed E-state index contributed by atoms with van der Waals surface area (Å²) in [6.45, 7) is 1.75. The topological polar surface area (TPSA) is 36.9 Å². The summed E-state index contributed by atoms with van der Waals surface area (Å²) in [6.07, 6.45) is 2.36. The molecule has 0 aliphatic heterocycles. The van der Waals surface area contributed by atoms with Gasteiger partial charge in [0.25, 0.3) is 0 Å². The molecule has 308 valence electrons. The fraction of sp³-hybridized carbons (Fsp3) is 0.143. The molecule has 0 heterocycles. The Hall–Kier alpha value is -6.08. The highest BCUT2D eigenvalue weighted by Gasteiger charge is 2.23. The highest BCUT2D eigenvalue weighted by molar-refractivity contribution is 9.10. The van der Waals surface area contributed by atoms with E-state index in [0.717, 1.165) is 98.7 Å². The van der Waals surface area contributed by atoms with Crippen LogP contribution in [0.3, 0.4) is 0 Å². The first-order valence-corrected chi connectivity index (χ1v) is 22.6. The molecule has 9 rings (SSSR count). The molecule has 0 saturated carbocycles. The summed E-state index contributed by atoms with van der Waals surface area (Å²) < 4.78 is 29.7. The van der Waals surface area contributed by atoms with E-state index in [1.165, 1.54) is 0 Å². The summed E-state index contributed by atoms with van der Waals surface area (Å²) in [7, 11) is 0. The molecule has 1 aliphatic carbocycles. The van der Waals surface area contributed by atoms with Gasteiger partial charge in [0.15, 0.2) is 0 Å². The lowest BCUT2D eigenvalue weighted by Gasteiger charge is -2.23. The number of hydrogen-bond donors (Lipinski definition) is 0. The van der Waals surface area contributed by atoms with E-state index >= 15 is 0 Å². The molecule has 6 heteroatoms. The first-order chi connectivity index (χ1) is 30.5. The lowest BCUT2D eigenvalue weighted by atomic mass is 9.91. The first-order valence-electron chi connectivity index (χ1n) is 21.0. The van der Waals surface area contributed by atoms with Gasteiger partial charge in [-0.1, -0.05) is 190 Å². The zero-order valence-corrected chi connectivity index (χ0v) is 37.5. The fourth-order valence-electron chi connectivity index (χ4n) is 8.26. The van der Waals surface area contributed by atoms with Gasteiger partial charge in [0.1, 0.15) is 49.4 Å². The average Bonchev–Trinajstić information content (AvgIpc) is 3.29. The van der Waals surface area contributed by atoms with Crippen molar-refractivity contribution in [2.24, 2.45) is 0 Å². The van der Waals surface area contributed by atoms with Gasteiger partial charge in [-0.2, -0.15) is 0 Å². The van der Waals surface area contributed by atoms with Crippen molar-refractivity contribution in [2.75, 3.05) is 0 Å². The largest absolute Gasteiger partial charge is 0.488 e. The smallest absolute Gasteiger partial charge is 0.126 e. The van der Waals surface area contributed by atoms with Crippen molar-refractivity contribution >= 4 is 31.9 Å².